The number of benzene rings is 10. The minimum atomic E-state index is 0.940. The number of hydrogen-bond acceptors (Lipinski definition) is 5. The fourth-order valence-corrected chi connectivity index (χ4v) is 11.6. The molecule has 0 saturated heterocycles. The Bertz CT molecular complexity index is 4270. The molecular weight excluding hydrogens is 1040 g/mol. The van der Waals surface area contributed by atoms with Gasteiger partial charge in [0.2, 0.25) is 0 Å². The third-order valence-electron chi connectivity index (χ3n) is 15.5. The van der Waals surface area contributed by atoms with E-state index in [1.807, 2.05) is 31.2 Å². The fourth-order valence-electron chi connectivity index (χ4n) is 11.6. The van der Waals surface area contributed by atoms with Gasteiger partial charge in [0.15, 0.2) is 0 Å². The van der Waals surface area contributed by atoms with Crippen molar-refractivity contribution < 1.29 is 0 Å². The molecule has 1 aromatic heterocycles. The van der Waals surface area contributed by atoms with Gasteiger partial charge in [0.1, 0.15) is 0 Å². The molecule has 0 N–H and O–H groups in total. The summed E-state index contributed by atoms with van der Waals surface area (Å²) in [6.45, 7) is 12.3. The fraction of sp³-hybridized carbons (Fsp3) is 0.0500. The zero-order chi connectivity index (χ0) is 58.6. The first-order valence-corrected chi connectivity index (χ1v) is 29.5. The van der Waals surface area contributed by atoms with Gasteiger partial charge in [-0.3, -0.25) is 0 Å². The van der Waals surface area contributed by atoms with Crippen molar-refractivity contribution in [2.75, 3.05) is 24.5 Å². The van der Waals surface area contributed by atoms with Gasteiger partial charge in [0.25, 0.3) is 0 Å². The molecule has 1 heterocycles. The van der Waals surface area contributed by atoms with Crippen LogP contribution in [0.15, 0.2) is 358 Å². The molecule has 0 amide bonds. The highest BCUT2D eigenvalue weighted by atomic mass is 15.2. The van der Waals surface area contributed by atoms with Crippen molar-refractivity contribution in [1.82, 2.24) is 4.57 Å². The second-order valence-corrected chi connectivity index (χ2v) is 20.9. The Morgan fingerprint density at radius 2 is 0.779 bits per heavy atom. The summed E-state index contributed by atoms with van der Waals surface area (Å²) in [5.74, 6) is 0. The molecule has 0 aliphatic heterocycles. The first kappa shape index (κ1) is 55.5. The van der Waals surface area contributed by atoms with Gasteiger partial charge in [0.05, 0.1) is 11.0 Å². The van der Waals surface area contributed by atoms with Crippen LogP contribution in [0.4, 0.5) is 68.2 Å². The zero-order valence-corrected chi connectivity index (χ0v) is 48.7. The summed E-state index contributed by atoms with van der Waals surface area (Å²) in [6.07, 6.45) is 25.0. The quantitative estimate of drug-likeness (QED) is 0.0707. The van der Waals surface area contributed by atoms with Crippen LogP contribution in [0.5, 0.6) is 0 Å². The number of allylic oxidation sites excluding steroid dienone is 11. The molecule has 6 nitrogen and oxygen atoms in total. The van der Waals surface area contributed by atoms with Gasteiger partial charge in [-0.05, 0) is 209 Å². The van der Waals surface area contributed by atoms with E-state index in [-0.39, 0.29) is 0 Å². The largest absolute Gasteiger partial charge is 0.311 e. The molecule has 11 aromatic rings. The summed E-state index contributed by atoms with van der Waals surface area (Å²) in [5, 5.41) is 2.28. The lowest BCUT2D eigenvalue weighted by Crippen LogP contribution is -2.19. The highest BCUT2D eigenvalue weighted by molar-refractivity contribution is 6.11. The monoisotopic (exact) mass is 1110 g/mol. The summed E-state index contributed by atoms with van der Waals surface area (Å²) < 4.78 is 2.43. The molecule has 0 unspecified atom stereocenters. The maximum atomic E-state index is 4.26. The third-order valence-corrected chi connectivity index (χ3v) is 15.5. The Balaban J connectivity index is 1.03. The second-order valence-electron chi connectivity index (χ2n) is 20.9. The molecule has 86 heavy (non-hydrogen) atoms. The Morgan fingerprint density at radius 1 is 0.395 bits per heavy atom. The van der Waals surface area contributed by atoms with Crippen LogP contribution in [0, 0.1) is 0 Å². The molecule has 0 atom stereocenters. The van der Waals surface area contributed by atoms with Crippen LogP contribution in [-0.4, -0.2) is 4.57 Å². The van der Waals surface area contributed by atoms with E-state index < -0.39 is 0 Å². The van der Waals surface area contributed by atoms with E-state index in [9.17, 15) is 0 Å². The van der Waals surface area contributed by atoms with Gasteiger partial charge in [-0.25, -0.2) is 0 Å². The maximum Gasteiger partial charge on any atom is 0.0561 e. The predicted octanol–water partition coefficient (Wildman–Crippen LogP) is 22.7. The highest BCUT2D eigenvalue weighted by Crippen LogP contribution is 2.45. The average Bonchev–Trinajstić information content (AvgIpc) is 2.16. The molecule has 0 saturated carbocycles. The van der Waals surface area contributed by atoms with Crippen LogP contribution in [0.25, 0.3) is 27.5 Å². The van der Waals surface area contributed by atoms with E-state index in [2.05, 4.69) is 346 Å². The van der Waals surface area contributed by atoms with Crippen molar-refractivity contribution in [2.45, 2.75) is 26.7 Å². The smallest absolute Gasteiger partial charge is 0.0561 e. The van der Waals surface area contributed by atoms with Crippen molar-refractivity contribution in [3.8, 4) is 5.69 Å². The Hall–Kier alpha value is -11.1. The Morgan fingerprint density at radius 3 is 1.16 bits per heavy atom. The molecule has 0 radical (unpaired) electrons. The van der Waals surface area contributed by atoms with Crippen LogP contribution in [-0.2, 0) is 0 Å². The van der Waals surface area contributed by atoms with Crippen LogP contribution >= 0.6 is 0 Å². The van der Waals surface area contributed by atoms with Gasteiger partial charge in [-0.2, -0.15) is 0 Å². The number of anilines is 12. The highest BCUT2D eigenvalue weighted by Gasteiger charge is 2.23. The topological polar surface area (TPSA) is 21.1 Å². The van der Waals surface area contributed by atoms with Crippen molar-refractivity contribution in [3.63, 3.8) is 0 Å². The lowest BCUT2D eigenvalue weighted by Gasteiger charge is -2.29. The van der Waals surface area contributed by atoms with Crippen LogP contribution in [0.2, 0.25) is 0 Å². The molecule has 12 rings (SSSR count). The summed E-state index contributed by atoms with van der Waals surface area (Å²) >= 11 is 0. The lowest BCUT2D eigenvalue weighted by atomic mass is 10.1. The van der Waals surface area contributed by atoms with E-state index in [4.69, 9.17) is 0 Å². The minimum absolute atomic E-state index is 0.940. The van der Waals surface area contributed by atoms with Gasteiger partial charge in [0, 0.05) is 102 Å². The number of hydrogen-bond donors (Lipinski definition) is 0. The molecule has 0 fully saturated rings. The standard InChI is InChI=1S/C80H68N6/c1-5-9-29-61(7-3)81(62(8-4)30-10-6-2)69-51-53-74(54-52-69)86-79-59-75(84(67-39-25-15-26-40-67)72-47-43-70(44-48-72)82(63-31-17-11-18-32-63)64-33-19-12-20-34-64)55-57-77(79)78-58-56-76(60-80(78)86)85(68-41-27-16-28-42-68)73-49-45-71(46-50-73)83(65-35-21-13-22-36-65)66-37-23-14-24-38-66/h5-13,15-23,25-60H,1,4,14,24H2,2-3H3/b10-6-,29-9-,61-7+,62-30+. The van der Waals surface area contributed by atoms with E-state index in [1.165, 1.54) is 5.70 Å². The SMILES string of the molecule is C=C/C=C\C(=C/C)N(/C(C=C)=C/C=C\C)c1ccc(-n2c3cc(N(c4ccccc4)c4ccc(N(C5=CCCC=C5)c5ccccc5)cc4)ccc3c3ccc(N(c4ccccc4)c4ccc(N(c5ccccc5)c5ccccc5)cc4)cc32)cc1. The summed E-state index contributed by atoms with van der Waals surface area (Å²) in [4.78, 5) is 11.6. The molecule has 6 heteroatoms. The summed E-state index contributed by atoms with van der Waals surface area (Å²) in [6, 6.07) is 93.8. The van der Waals surface area contributed by atoms with Gasteiger partial charge in [-0.15, -0.1) is 0 Å². The number of nitrogens with zero attached hydrogens (tertiary/aromatic N) is 6. The van der Waals surface area contributed by atoms with Crippen molar-refractivity contribution >= 4 is 90.1 Å². The van der Waals surface area contributed by atoms with E-state index in [0.29, 0.717) is 0 Å². The molecular formula is C80H68N6. The summed E-state index contributed by atoms with van der Waals surface area (Å²) in [7, 11) is 0. The van der Waals surface area contributed by atoms with Gasteiger partial charge in [-0.1, -0.05) is 159 Å². The molecule has 418 valence electrons. The average molecular weight is 1110 g/mol. The number of fused-ring (bicyclic) bond motifs is 3. The number of rotatable bonds is 20. The summed E-state index contributed by atoms with van der Waals surface area (Å²) in [5.41, 5.74) is 19.0. The molecule has 0 spiro atoms. The van der Waals surface area contributed by atoms with Crippen molar-refractivity contribution in [1.29, 1.82) is 0 Å². The predicted molar refractivity (Wildman–Crippen MR) is 369 cm³/mol. The van der Waals surface area contributed by atoms with E-state index in [1.54, 1.807) is 6.08 Å². The normalized spacial score (nSPS) is 12.6. The number of aromatic nitrogens is 1. The van der Waals surface area contributed by atoms with Crippen molar-refractivity contribution in [2.24, 2.45) is 0 Å². The Labute approximate surface area is 506 Å². The molecule has 10 aromatic carbocycles. The van der Waals surface area contributed by atoms with Crippen LogP contribution < -0.4 is 24.5 Å². The minimum Gasteiger partial charge on any atom is -0.311 e. The maximum absolute atomic E-state index is 4.26. The van der Waals surface area contributed by atoms with Crippen molar-refractivity contribution in [3.05, 3.63) is 358 Å². The Kier molecular flexibility index (Phi) is 16.8. The van der Waals surface area contributed by atoms with E-state index >= 15 is 0 Å². The lowest BCUT2D eigenvalue weighted by molar-refractivity contribution is 0.997. The van der Waals surface area contributed by atoms with Gasteiger partial charge >= 0.3 is 0 Å². The second kappa shape index (κ2) is 26.0. The number of para-hydroxylation sites is 5. The third kappa shape index (κ3) is 11.5. The molecule has 1 aliphatic carbocycles. The van der Waals surface area contributed by atoms with Crippen LogP contribution in [0.1, 0.15) is 26.7 Å². The van der Waals surface area contributed by atoms with Gasteiger partial charge < -0.3 is 29.1 Å². The first-order chi connectivity index (χ1) is 42.5. The molecule has 1 aliphatic rings. The molecule has 0 bridgehead atoms. The first-order valence-electron chi connectivity index (χ1n) is 29.5. The van der Waals surface area contributed by atoms with E-state index in [0.717, 1.165) is 120 Å². The zero-order valence-electron chi connectivity index (χ0n) is 48.7. The van der Waals surface area contributed by atoms with Crippen LogP contribution in [0.3, 0.4) is 0 Å².